The number of aliphatic carboxylic acids is 1. The maximum atomic E-state index is 13.2. The third-order valence-corrected chi connectivity index (χ3v) is 8.29. The van der Waals surface area contributed by atoms with E-state index in [1.165, 1.54) is 6.07 Å². The number of halogens is 4. The topological polar surface area (TPSA) is 121 Å². The van der Waals surface area contributed by atoms with Gasteiger partial charge in [-0.25, -0.2) is 13.2 Å². The third-order valence-electron chi connectivity index (χ3n) is 4.11. The van der Waals surface area contributed by atoms with Gasteiger partial charge in [-0.3, -0.25) is 5.41 Å². The molecular weight excluding hydrogens is 533 g/mol. The molecule has 3 aromatic rings. The van der Waals surface area contributed by atoms with Gasteiger partial charge in [0, 0.05) is 0 Å². The molecule has 0 aliphatic rings. The van der Waals surface area contributed by atoms with Gasteiger partial charge >= 0.3 is 12.1 Å². The van der Waals surface area contributed by atoms with E-state index in [0.717, 1.165) is 22.5 Å². The first-order valence-corrected chi connectivity index (χ1v) is 11.7. The van der Waals surface area contributed by atoms with E-state index in [0.29, 0.717) is 14.2 Å². The number of benzene rings is 2. The number of thiophene rings is 1. The van der Waals surface area contributed by atoms with Crippen molar-refractivity contribution < 1.29 is 31.5 Å². The number of nitrogen functional groups attached to an aromatic ring is 1. The number of hydrogen-bond donors (Lipinski definition) is 3. The van der Waals surface area contributed by atoms with Crippen LogP contribution in [0.25, 0.3) is 11.1 Å². The molecule has 0 unspecified atom stereocenters. The number of amidine groups is 1. The summed E-state index contributed by atoms with van der Waals surface area (Å²) in [6.07, 6.45) is -5.08. The summed E-state index contributed by atoms with van der Waals surface area (Å²) in [5.41, 5.74) is 8.02. The molecule has 0 saturated heterocycles. The van der Waals surface area contributed by atoms with Gasteiger partial charge in [-0.1, -0.05) is 42.5 Å². The van der Waals surface area contributed by atoms with Crippen molar-refractivity contribution in [2.75, 3.05) is 0 Å². The van der Waals surface area contributed by atoms with Gasteiger partial charge in [0.05, 0.1) is 18.5 Å². The average molecular weight is 549 g/mol. The van der Waals surface area contributed by atoms with Crippen LogP contribution in [0.4, 0.5) is 13.2 Å². The Morgan fingerprint density at radius 3 is 2.12 bits per heavy atom. The van der Waals surface area contributed by atoms with Crippen molar-refractivity contribution in [3.05, 3.63) is 68.8 Å². The summed E-state index contributed by atoms with van der Waals surface area (Å²) >= 11 is 4.43. The van der Waals surface area contributed by atoms with Gasteiger partial charge in [0.2, 0.25) is 9.84 Å². The smallest absolute Gasteiger partial charge is 0.475 e. The molecule has 0 radical (unpaired) electrons. The molecule has 32 heavy (non-hydrogen) atoms. The third kappa shape index (κ3) is 5.75. The van der Waals surface area contributed by atoms with E-state index in [1.807, 2.05) is 36.4 Å². The van der Waals surface area contributed by atoms with E-state index in [2.05, 4.69) is 15.9 Å². The number of carboxylic acids is 1. The first-order valence-electron chi connectivity index (χ1n) is 8.60. The normalized spacial score (nSPS) is 11.4. The molecular formula is C20H16BrF3N2O4S2. The lowest BCUT2D eigenvalue weighted by Crippen LogP contribution is -2.21. The summed E-state index contributed by atoms with van der Waals surface area (Å²) in [7, 11) is -3.73. The summed E-state index contributed by atoms with van der Waals surface area (Å²) in [5, 5.41) is 14.6. The SMILES string of the molecule is Cc1c(-c2ccccc2)cccc1S(=O)(=O)c1cc(C(=N)N)sc1Br.O=C(O)C(F)(F)F. The second-order valence-electron chi connectivity index (χ2n) is 6.26. The van der Waals surface area contributed by atoms with Crippen molar-refractivity contribution in [1.82, 2.24) is 0 Å². The average Bonchev–Trinajstić information content (AvgIpc) is 3.11. The molecule has 4 N–H and O–H groups in total. The largest absolute Gasteiger partial charge is 0.490 e. The zero-order chi connectivity index (χ0) is 24.3. The van der Waals surface area contributed by atoms with Crippen LogP contribution in [0.3, 0.4) is 0 Å². The number of nitrogens with two attached hydrogens (primary N) is 1. The summed E-state index contributed by atoms with van der Waals surface area (Å²) < 4.78 is 58.5. The molecule has 0 fully saturated rings. The van der Waals surface area contributed by atoms with Gasteiger partial charge in [-0.05, 0) is 51.7 Å². The lowest BCUT2D eigenvalue weighted by molar-refractivity contribution is -0.192. The molecule has 2 aromatic carbocycles. The number of alkyl halides is 3. The first-order chi connectivity index (χ1) is 14.8. The minimum atomic E-state index is -5.08. The van der Waals surface area contributed by atoms with E-state index in [1.54, 1.807) is 19.1 Å². The number of sulfone groups is 1. The zero-order valence-electron chi connectivity index (χ0n) is 16.3. The van der Waals surface area contributed by atoms with Crippen LogP contribution in [0.2, 0.25) is 0 Å². The Labute approximate surface area is 194 Å². The van der Waals surface area contributed by atoms with Crippen LogP contribution < -0.4 is 5.73 Å². The van der Waals surface area contributed by atoms with E-state index >= 15 is 0 Å². The summed E-state index contributed by atoms with van der Waals surface area (Å²) in [6.45, 7) is 1.81. The highest BCUT2D eigenvalue weighted by Crippen LogP contribution is 2.37. The molecule has 0 aliphatic heterocycles. The summed E-state index contributed by atoms with van der Waals surface area (Å²) in [6, 6.07) is 16.4. The van der Waals surface area contributed by atoms with E-state index in [-0.39, 0.29) is 15.6 Å². The molecule has 170 valence electrons. The van der Waals surface area contributed by atoms with Crippen LogP contribution in [0.5, 0.6) is 0 Å². The summed E-state index contributed by atoms with van der Waals surface area (Å²) in [5.74, 6) is -2.91. The molecule has 6 nitrogen and oxygen atoms in total. The van der Waals surface area contributed by atoms with Crippen molar-refractivity contribution in [2.45, 2.75) is 22.9 Å². The molecule has 0 saturated carbocycles. The first kappa shape index (κ1) is 25.6. The van der Waals surface area contributed by atoms with Crippen LogP contribution in [0.15, 0.2) is 68.2 Å². The number of carboxylic acid groups (broad SMARTS) is 1. The fourth-order valence-corrected chi connectivity index (χ4v) is 6.56. The predicted molar refractivity (Wildman–Crippen MR) is 119 cm³/mol. The van der Waals surface area contributed by atoms with Gasteiger partial charge in [0.15, 0.2) is 0 Å². The molecule has 0 bridgehead atoms. The molecule has 0 atom stereocenters. The maximum absolute atomic E-state index is 13.2. The van der Waals surface area contributed by atoms with Crippen LogP contribution in [0, 0.1) is 12.3 Å². The fourth-order valence-electron chi connectivity index (χ4n) is 2.62. The fraction of sp³-hybridized carbons (Fsp3) is 0.100. The number of nitrogens with one attached hydrogen (secondary N) is 1. The van der Waals surface area contributed by atoms with Gasteiger partial charge in [-0.2, -0.15) is 13.2 Å². The molecule has 1 heterocycles. The highest BCUT2D eigenvalue weighted by atomic mass is 79.9. The van der Waals surface area contributed by atoms with E-state index in [9.17, 15) is 21.6 Å². The Morgan fingerprint density at radius 2 is 1.66 bits per heavy atom. The zero-order valence-corrected chi connectivity index (χ0v) is 19.5. The number of rotatable bonds is 4. The van der Waals surface area contributed by atoms with E-state index < -0.39 is 22.0 Å². The Balaban J connectivity index is 0.000000451. The summed E-state index contributed by atoms with van der Waals surface area (Å²) in [4.78, 5) is 9.70. The Bertz CT molecular complexity index is 1260. The molecule has 3 rings (SSSR count). The maximum Gasteiger partial charge on any atom is 0.490 e. The van der Waals surface area contributed by atoms with Gasteiger partial charge < -0.3 is 10.8 Å². The van der Waals surface area contributed by atoms with Gasteiger partial charge in [0.25, 0.3) is 0 Å². The Kier molecular flexibility index (Phi) is 7.86. The van der Waals surface area contributed by atoms with Crippen molar-refractivity contribution in [3.8, 4) is 11.1 Å². The second-order valence-corrected chi connectivity index (χ2v) is 10.5. The molecule has 0 spiro atoms. The van der Waals surface area contributed by atoms with Gasteiger partial charge in [-0.15, -0.1) is 11.3 Å². The molecule has 1 aromatic heterocycles. The van der Waals surface area contributed by atoms with Crippen LogP contribution >= 0.6 is 27.3 Å². The lowest BCUT2D eigenvalue weighted by Gasteiger charge is -2.12. The van der Waals surface area contributed by atoms with Crippen molar-refractivity contribution in [2.24, 2.45) is 5.73 Å². The number of hydrogen-bond acceptors (Lipinski definition) is 5. The van der Waals surface area contributed by atoms with Crippen molar-refractivity contribution in [3.63, 3.8) is 0 Å². The van der Waals surface area contributed by atoms with Crippen LogP contribution in [-0.4, -0.2) is 31.5 Å². The second kappa shape index (κ2) is 9.84. The molecule has 12 heteroatoms. The lowest BCUT2D eigenvalue weighted by atomic mass is 10.0. The Hall–Kier alpha value is -2.70. The van der Waals surface area contributed by atoms with Gasteiger partial charge in [0.1, 0.15) is 5.84 Å². The van der Waals surface area contributed by atoms with Crippen molar-refractivity contribution >= 4 is 48.9 Å². The highest BCUT2D eigenvalue weighted by Gasteiger charge is 2.38. The Morgan fingerprint density at radius 1 is 1.09 bits per heavy atom. The standard InChI is InChI=1S/C18H15BrN2O2S2.C2HF3O2/c1-11-13(12-6-3-2-4-7-12)8-5-9-15(11)25(22,23)16-10-14(18(20)21)24-17(16)19;3-2(4,5)1(6)7/h2-10H,1H3,(H3,20,21);(H,6,7). The molecule has 0 aliphatic carbocycles. The number of carbonyl (C=O) groups is 1. The van der Waals surface area contributed by atoms with Crippen molar-refractivity contribution in [1.29, 1.82) is 5.41 Å². The molecule has 0 amide bonds. The van der Waals surface area contributed by atoms with E-state index in [4.69, 9.17) is 21.0 Å². The highest BCUT2D eigenvalue weighted by molar-refractivity contribution is 9.11. The van der Waals surface area contributed by atoms with Crippen LogP contribution in [0.1, 0.15) is 10.4 Å². The predicted octanol–water partition coefficient (Wildman–Crippen LogP) is 5.24. The monoisotopic (exact) mass is 548 g/mol. The quantitative estimate of drug-likeness (QED) is 0.304. The van der Waals surface area contributed by atoms with Crippen LogP contribution in [-0.2, 0) is 14.6 Å². The minimum Gasteiger partial charge on any atom is -0.475 e. The minimum absolute atomic E-state index is 0.135.